The van der Waals surface area contributed by atoms with E-state index in [0.29, 0.717) is 0 Å². The summed E-state index contributed by atoms with van der Waals surface area (Å²) in [7, 11) is 0. The van der Waals surface area contributed by atoms with Gasteiger partial charge >= 0.3 is 0 Å². The van der Waals surface area contributed by atoms with Crippen molar-refractivity contribution >= 4 is 49.6 Å². The van der Waals surface area contributed by atoms with Crippen LogP contribution in [-0.4, -0.2) is 9.97 Å². The molecule has 0 N–H and O–H groups in total. The highest BCUT2D eigenvalue weighted by Crippen LogP contribution is 2.39. The Morgan fingerprint density at radius 2 is 0.882 bits per heavy atom. The molecule has 0 unspecified atom stereocenters. The maximum Gasteiger partial charge on any atom is 0.123 e. The van der Waals surface area contributed by atoms with Crippen molar-refractivity contribution in [1.29, 1.82) is 0 Å². The van der Waals surface area contributed by atoms with Crippen LogP contribution in [0.25, 0.3) is 66.2 Å². The van der Waals surface area contributed by atoms with Gasteiger partial charge in [-0.2, -0.15) is 0 Å². The average molecular weight is 662 g/mol. The normalized spacial score (nSPS) is 11.3. The monoisotopic (exact) mass is 661 g/mol. The molecule has 0 spiro atoms. The Labute approximate surface area is 293 Å². The maximum absolute atomic E-state index is 13.8. The smallest absolute Gasteiger partial charge is 0.123 e. The molecule has 51 heavy (non-hydrogen) atoms. The van der Waals surface area contributed by atoms with Gasteiger partial charge in [0.25, 0.3) is 0 Å². The molecule has 0 aliphatic heterocycles. The largest absolute Gasteiger partial charge is 0.310 e. The van der Waals surface area contributed by atoms with Gasteiger partial charge in [0.15, 0.2) is 0 Å². The molecule has 8 aromatic carbocycles. The molecular formula is C46H29F2N3. The zero-order valence-electron chi connectivity index (χ0n) is 27.3. The lowest BCUT2D eigenvalue weighted by molar-refractivity contribution is 0.628. The van der Waals surface area contributed by atoms with E-state index >= 15 is 0 Å². The van der Waals surface area contributed by atoms with Crippen LogP contribution >= 0.6 is 0 Å². The second-order valence-electron chi connectivity index (χ2n) is 12.5. The molecule has 3 nitrogen and oxygen atoms in total. The van der Waals surface area contributed by atoms with Crippen LogP contribution in [0.2, 0.25) is 0 Å². The van der Waals surface area contributed by atoms with E-state index in [-0.39, 0.29) is 11.6 Å². The first-order chi connectivity index (χ1) is 25.1. The topological polar surface area (TPSA) is 29.0 Å². The summed E-state index contributed by atoms with van der Waals surface area (Å²) in [6, 6.07) is 56.4. The quantitative estimate of drug-likeness (QED) is 0.166. The summed E-state index contributed by atoms with van der Waals surface area (Å²) in [6.45, 7) is 0. The number of hydrogen-bond donors (Lipinski definition) is 0. The van der Waals surface area contributed by atoms with Crippen LogP contribution < -0.4 is 4.90 Å². The number of benzene rings is 8. The third-order valence-corrected chi connectivity index (χ3v) is 9.36. The number of anilines is 3. The molecule has 1 heterocycles. The molecule has 0 atom stereocenters. The van der Waals surface area contributed by atoms with E-state index in [9.17, 15) is 8.78 Å². The van der Waals surface area contributed by atoms with Crippen LogP contribution in [0.5, 0.6) is 0 Å². The second-order valence-corrected chi connectivity index (χ2v) is 12.5. The van der Waals surface area contributed by atoms with Gasteiger partial charge in [-0.05, 0) is 100 Å². The van der Waals surface area contributed by atoms with Gasteiger partial charge in [-0.15, -0.1) is 0 Å². The Kier molecular flexibility index (Phi) is 7.51. The SMILES string of the molecule is Fc1ccc(N(c2ccc(F)cc2)c2ccc(-c3ccc4c(ccc5ccc6nc(-c7ccccc7)c(-c7ccccc7)nc6c54)c3)cc2)cc1. The van der Waals surface area contributed by atoms with Crippen LogP contribution in [-0.2, 0) is 0 Å². The molecule has 0 bridgehead atoms. The Hall–Kier alpha value is -6.72. The molecule has 0 saturated carbocycles. The lowest BCUT2D eigenvalue weighted by Gasteiger charge is -2.25. The number of aromatic nitrogens is 2. The summed E-state index contributed by atoms with van der Waals surface area (Å²) < 4.78 is 27.6. The minimum absolute atomic E-state index is 0.314. The van der Waals surface area contributed by atoms with E-state index in [1.54, 1.807) is 24.3 Å². The summed E-state index contributed by atoms with van der Waals surface area (Å²) in [5.41, 5.74) is 10.0. The van der Waals surface area contributed by atoms with Crippen LogP contribution in [0.1, 0.15) is 0 Å². The van der Waals surface area contributed by atoms with E-state index in [1.807, 2.05) is 53.4 Å². The zero-order chi connectivity index (χ0) is 34.3. The summed E-state index contributed by atoms with van der Waals surface area (Å²) in [4.78, 5) is 12.6. The van der Waals surface area contributed by atoms with Crippen molar-refractivity contribution in [3.05, 3.63) is 188 Å². The fraction of sp³-hybridized carbons (Fsp3) is 0. The van der Waals surface area contributed by atoms with Crippen LogP contribution in [0.4, 0.5) is 25.8 Å². The predicted molar refractivity (Wildman–Crippen MR) is 205 cm³/mol. The highest BCUT2D eigenvalue weighted by atomic mass is 19.1. The van der Waals surface area contributed by atoms with Crippen molar-refractivity contribution in [2.24, 2.45) is 0 Å². The molecule has 0 fully saturated rings. The van der Waals surface area contributed by atoms with Gasteiger partial charge in [0.1, 0.15) is 11.6 Å². The highest BCUT2D eigenvalue weighted by Gasteiger charge is 2.17. The number of nitrogens with zero attached hydrogens (tertiary/aromatic N) is 3. The van der Waals surface area contributed by atoms with Gasteiger partial charge in [0, 0.05) is 33.6 Å². The maximum atomic E-state index is 13.8. The fourth-order valence-electron chi connectivity index (χ4n) is 6.87. The average Bonchev–Trinajstić information content (AvgIpc) is 3.19. The first-order valence-electron chi connectivity index (χ1n) is 16.8. The van der Waals surface area contributed by atoms with E-state index in [0.717, 1.165) is 83.3 Å². The minimum atomic E-state index is -0.314. The first-order valence-corrected chi connectivity index (χ1v) is 16.8. The summed E-state index contributed by atoms with van der Waals surface area (Å²) >= 11 is 0. The number of fused-ring (bicyclic) bond motifs is 5. The predicted octanol–water partition coefficient (Wildman–Crippen LogP) is 12.7. The molecule has 0 radical (unpaired) electrons. The third-order valence-electron chi connectivity index (χ3n) is 9.36. The van der Waals surface area contributed by atoms with Crippen molar-refractivity contribution < 1.29 is 8.78 Å². The number of halogens is 2. The lowest BCUT2D eigenvalue weighted by Crippen LogP contribution is -2.09. The Morgan fingerprint density at radius 3 is 1.47 bits per heavy atom. The van der Waals surface area contributed by atoms with E-state index in [2.05, 4.69) is 78.9 Å². The summed E-state index contributed by atoms with van der Waals surface area (Å²) in [6.07, 6.45) is 0. The fourth-order valence-corrected chi connectivity index (χ4v) is 6.87. The first kappa shape index (κ1) is 30.3. The molecule has 9 aromatic rings. The molecule has 1 aromatic heterocycles. The van der Waals surface area contributed by atoms with Gasteiger partial charge in [-0.1, -0.05) is 103 Å². The zero-order valence-corrected chi connectivity index (χ0v) is 27.3. The van der Waals surface area contributed by atoms with Crippen molar-refractivity contribution in [3.8, 4) is 33.6 Å². The van der Waals surface area contributed by atoms with Crippen LogP contribution in [0.3, 0.4) is 0 Å². The molecular weight excluding hydrogens is 633 g/mol. The van der Waals surface area contributed by atoms with Crippen molar-refractivity contribution in [3.63, 3.8) is 0 Å². The van der Waals surface area contributed by atoms with Crippen molar-refractivity contribution in [2.75, 3.05) is 4.90 Å². The van der Waals surface area contributed by atoms with E-state index in [1.165, 1.54) is 24.3 Å². The lowest BCUT2D eigenvalue weighted by atomic mass is 9.96. The van der Waals surface area contributed by atoms with Gasteiger partial charge in [-0.25, -0.2) is 18.7 Å². The van der Waals surface area contributed by atoms with Gasteiger partial charge in [0.05, 0.1) is 22.4 Å². The van der Waals surface area contributed by atoms with Crippen LogP contribution in [0, 0.1) is 11.6 Å². The van der Waals surface area contributed by atoms with Gasteiger partial charge in [-0.3, -0.25) is 0 Å². The van der Waals surface area contributed by atoms with Gasteiger partial charge in [0.2, 0.25) is 0 Å². The van der Waals surface area contributed by atoms with Gasteiger partial charge < -0.3 is 4.90 Å². The number of rotatable bonds is 6. The van der Waals surface area contributed by atoms with E-state index in [4.69, 9.17) is 9.97 Å². The molecule has 0 saturated heterocycles. The number of hydrogen-bond acceptors (Lipinski definition) is 3. The Bertz CT molecular complexity index is 2630. The molecule has 9 rings (SSSR count). The third kappa shape index (κ3) is 5.65. The standard InChI is InChI=1S/C46H29F2N3/c47-36-17-23-39(24-18-36)51(40-25-19-37(48)20-26-40)38-21-13-30(14-22-38)34-15-27-41-35(29-34)12-11-31-16-28-42-46(43(31)41)50-45(33-9-5-2-6-10-33)44(49-42)32-7-3-1-4-8-32/h1-29H. The minimum Gasteiger partial charge on any atom is -0.310 e. The highest BCUT2D eigenvalue weighted by molar-refractivity contribution is 6.19. The molecule has 0 aliphatic carbocycles. The summed E-state index contributed by atoms with van der Waals surface area (Å²) in [5.74, 6) is -0.628. The Morgan fingerprint density at radius 1 is 0.392 bits per heavy atom. The van der Waals surface area contributed by atoms with E-state index < -0.39 is 0 Å². The molecule has 0 aliphatic rings. The summed E-state index contributed by atoms with van der Waals surface area (Å²) in [5, 5.41) is 4.39. The second kappa shape index (κ2) is 12.6. The molecule has 0 amide bonds. The van der Waals surface area contributed by atoms with Crippen molar-refractivity contribution in [2.45, 2.75) is 0 Å². The van der Waals surface area contributed by atoms with Crippen LogP contribution in [0.15, 0.2) is 176 Å². The van der Waals surface area contributed by atoms with Crippen molar-refractivity contribution in [1.82, 2.24) is 9.97 Å². The molecule has 5 heteroatoms. The molecule has 242 valence electrons. The Balaban J connectivity index is 1.14.